The van der Waals surface area contributed by atoms with Crippen molar-refractivity contribution in [3.63, 3.8) is 0 Å². The molecule has 29 heavy (non-hydrogen) atoms. The summed E-state index contributed by atoms with van der Waals surface area (Å²) < 4.78 is 10.9. The molecular formula is C18H25N5O6. The number of hydrogen-bond acceptors (Lipinski definition) is 10. The molecule has 4 unspecified atom stereocenters. The van der Waals surface area contributed by atoms with Crippen LogP contribution in [0.15, 0.2) is 22.5 Å². The minimum atomic E-state index is -1.01. The van der Waals surface area contributed by atoms with Gasteiger partial charge in [-0.15, -0.1) is 0 Å². The van der Waals surface area contributed by atoms with E-state index in [2.05, 4.69) is 10.6 Å². The number of carbonyl (C=O) groups is 3. The Labute approximate surface area is 167 Å². The Bertz CT molecular complexity index is 854. The van der Waals surface area contributed by atoms with Crippen LogP contribution in [0.3, 0.4) is 0 Å². The number of allylic oxidation sites excluding steroid dienone is 2. The first-order valence-electron chi connectivity index (χ1n) is 9.45. The smallest absolute Gasteiger partial charge is 0.404 e. The summed E-state index contributed by atoms with van der Waals surface area (Å²) in [7, 11) is 1.51. The number of amides is 1. The summed E-state index contributed by atoms with van der Waals surface area (Å²) in [5.41, 5.74) is 10.4. The molecule has 0 spiro atoms. The van der Waals surface area contributed by atoms with Gasteiger partial charge in [-0.1, -0.05) is 0 Å². The summed E-state index contributed by atoms with van der Waals surface area (Å²) in [4.78, 5) is 39.7. The summed E-state index contributed by atoms with van der Waals surface area (Å²) in [5, 5.41) is 15.9. The predicted molar refractivity (Wildman–Crippen MR) is 99.0 cm³/mol. The minimum absolute atomic E-state index is 0.0137. The third kappa shape index (κ3) is 2.69. The number of nitrogens with one attached hydrogen (secondary N) is 2. The van der Waals surface area contributed by atoms with E-state index in [1.165, 1.54) is 7.11 Å². The van der Waals surface area contributed by atoms with Gasteiger partial charge in [-0.2, -0.15) is 0 Å². The molecule has 2 fully saturated rings. The molecule has 0 radical (unpaired) electrons. The van der Waals surface area contributed by atoms with Crippen LogP contribution in [-0.2, 0) is 19.1 Å². The Hall–Kier alpha value is -2.47. The summed E-state index contributed by atoms with van der Waals surface area (Å²) in [6, 6.07) is 0.0300. The molecule has 1 aliphatic carbocycles. The highest BCUT2D eigenvalue weighted by Gasteiger charge is 2.72. The van der Waals surface area contributed by atoms with Crippen molar-refractivity contribution in [3.8, 4) is 0 Å². The van der Waals surface area contributed by atoms with Crippen LogP contribution >= 0.6 is 0 Å². The van der Waals surface area contributed by atoms with E-state index < -0.39 is 23.8 Å². The van der Waals surface area contributed by atoms with Gasteiger partial charge in [-0.05, 0) is 6.92 Å². The van der Waals surface area contributed by atoms with E-state index in [0.29, 0.717) is 6.54 Å². The van der Waals surface area contributed by atoms with E-state index in [-0.39, 0.29) is 65.9 Å². The van der Waals surface area contributed by atoms with Crippen molar-refractivity contribution < 1.29 is 29.0 Å². The number of methoxy groups -OCH3 is 1. The lowest BCUT2D eigenvalue weighted by molar-refractivity contribution is -0.137. The van der Waals surface area contributed by atoms with Gasteiger partial charge in [0.25, 0.3) is 0 Å². The van der Waals surface area contributed by atoms with Crippen molar-refractivity contribution in [1.82, 2.24) is 15.5 Å². The highest BCUT2D eigenvalue weighted by molar-refractivity contribution is 6.25. The molecule has 4 aliphatic rings. The second-order valence-electron chi connectivity index (χ2n) is 7.69. The second-order valence-corrected chi connectivity index (χ2v) is 7.69. The topological polar surface area (TPSA) is 179 Å². The molecule has 2 saturated heterocycles. The fraction of sp³-hybridized carbons (Fsp3) is 0.611. The summed E-state index contributed by atoms with van der Waals surface area (Å²) in [6.07, 6.45) is -1.84. The van der Waals surface area contributed by atoms with Gasteiger partial charge < -0.3 is 41.6 Å². The maximum atomic E-state index is 13.4. The van der Waals surface area contributed by atoms with Crippen LogP contribution in [0.2, 0.25) is 0 Å². The molecule has 158 valence electrons. The Balaban J connectivity index is 1.73. The van der Waals surface area contributed by atoms with Gasteiger partial charge in [0.05, 0.1) is 29.5 Å². The SMILES string of the molecule is CO[C@@]12C(COC(N)=O)C3=C(C(=O)C(C)=C(NCC(O)CN)C3=O)N1CC1NC12. The van der Waals surface area contributed by atoms with Crippen LogP contribution in [0.1, 0.15) is 6.92 Å². The molecule has 0 bridgehead atoms. The first-order chi connectivity index (χ1) is 13.8. The van der Waals surface area contributed by atoms with Gasteiger partial charge in [0.1, 0.15) is 6.61 Å². The molecule has 0 aromatic rings. The van der Waals surface area contributed by atoms with E-state index in [4.69, 9.17) is 20.9 Å². The first kappa shape index (κ1) is 19.8. The number of hydrogen-bond donors (Lipinski definition) is 5. The monoisotopic (exact) mass is 407 g/mol. The molecule has 5 atom stereocenters. The van der Waals surface area contributed by atoms with Crippen LogP contribution in [0.25, 0.3) is 0 Å². The number of fused-ring (bicyclic) bond motifs is 4. The van der Waals surface area contributed by atoms with Gasteiger partial charge in [0, 0.05) is 43.9 Å². The largest absolute Gasteiger partial charge is 0.449 e. The highest BCUT2D eigenvalue weighted by Crippen LogP contribution is 2.55. The standard InChI is InChI=1S/C18H25N5O6/c1-7-12(21-4-8(24)3-19)15(26)11-9(6-29-17(20)27)18(28-2)16-10(22-16)5-23(18)13(11)14(7)25/h8-10,16,21-22,24H,3-6,19H2,1-2H3,(H2,20,27)/t8?,9?,10?,16?,18-/m1/s1. The normalized spacial score (nSPS) is 33.5. The summed E-state index contributed by atoms with van der Waals surface area (Å²) in [5.74, 6) is -1.38. The van der Waals surface area contributed by atoms with E-state index in [9.17, 15) is 19.5 Å². The number of aliphatic hydroxyl groups excluding tert-OH is 1. The van der Waals surface area contributed by atoms with Gasteiger partial charge in [-0.3, -0.25) is 9.59 Å². The number of primary amides is 1. The molecule has 3 heterocycles. The molecule has 0 aromatic carbocycles. The first-order valence-corrected chi connectivity index (χ1v) is 9.45. The number of piperazine rings is 1. The molecule has 0 aromatic heterocycles. The predicted octanol–water partition coefficient (Wildman–Crippen LogP) is -2.70. The maximum Gasteiger partial charge on any atom is 0.404 e. The Morgan fingerprint density at radius 1 is 1.45 bits per heavy atom. The lowest BCUT2D eigenvalue weighted by atomic mass is 9.82. The van der Waals surface area contributed by atoms with Crippen LogP contribution in [-0.4, -0.2) is 84.9 Å². The lowest BCUT2D eigenvalue weighted by Gasteiger charge is -2.39. The number of carbonyl (C=O) groups excluding carboxylic acids is 3. The van der Waals surface area contributed by atoms with E-state index in [1.54, 1.807) is 6.92 Å². The van der Waals surface area contributed by atoms with Gasteiger partial charge in [0.15, 0.2) is 5.72 Å². The van der Waals surface area contributed by atoms with Crippen molar-refractivity contribution in [2.45, 2.75) is 30.8 Å². The van der Waals surface area contributed by atoms with Gasteiger partial charge in [0.2, 0.25) is 11.6 Å². The van der Waals surface area contributed by atoms with Crippen molar-refractivity contribution >= 4 is 17.7 Å². The Morgan fingerprint density at radius 3 is 2.79 bits per heavy atom. The van der Waals surface area contributed by atoms with E-state index in [1.807, 2.05) is 4.90 Å². The Kier molecular flexibility index (Phi) is 4.65. The quantitative estimate of drug-likeness (QED) is 0.220. The third-order valence-electron chi connectivity index (χ3n) is 6.21. The van der Waals surface area contributed by atoms with Crippen LogP contribution in [0.4, 0.5) is 4.79 Å². The number of nitrogens with zero attached hydrogens (tertiary/aromatic N) is 1. The van der Waals surface area contributed by atoms with Crippen molar-refractivity contribution in [2.75, 3.05) is 33.4 Å². The molecule has 7 N–H and O–H groups in total. The zero-order valence-corrected chi connectivity index (χ0v) is 16.2. The molecule has 11 heteroatoms. The zero-order chi connectivity index (χ0) is 21.1. The van der Waals surface area contributed by atoms with Crippen molar-refractivity contribution in [1.29, 1.82) is 0 Å². The Morgan fingerprint density at radius 2 is 2.17 bits per heavy atom. The maximum absolute atomic E-state index is 13.4. The van der Waals surface area contributed by atoms with Gasteiger partial charge in [-0.25, -0.2) is 4.79 Å². The number of ketones is 2. The molecule has 11 nitrogen and oxygen atoms in total. The number of aliphatic hydroxyl groups is 1. The average molecular weight is 407 g/mol. The molecule has 3 aliphatic heterocycles. The van der Waals surface area contributed by atoms with Crippen molar-refractivity contribution in [2.24, 2.45) is 17.4 Å². The van der Waals surface area contributed by atoms with Crippen LogP contribution < -0.4 is 22.1 Å². The van der Waals surface area contributed by atoms with E-state index >= 15 is 0 Å². The van der Waals surface area contributed by atoms with Crippen LogP contribution in [0, 0.1) is 5.92 Å². The molecule has 4 rings (SSSR count). The number of rotatable bonds is 7. The number of Topliss-reactive ketones (excluding diaryl/α,β-unsaturated/α-hetero) is 2. The second kappa shape index (κ2) is 6.80. The average Bonchev–Trinajstić information content (AvgIpc) is 3.30. The van der Waals surface area contributed by atoms with Crippen molar-refractivity contribution in [3.05, 3.63) is 22.5 Å². The fourth-order valence-corrected chi connectivity index (χ4v) is 4.81. The summed E-state index contributed by atoms with van der Waals surface area (Å²) >= 11 is 0. The van der Waals surface area contributed by atoms with Gasteiger partial charge >= 0.3 is 6.09 Å². The summed E-state index contributed by atoms with van der Waals surface area (Å²) in [6.45, 7) is 1.92. The minimum Gasteiger partial charge on any atom is -0.449 e. The molecule has 1 amide bonds. The lowest BCUT2D eigenvalue weighted by Crippen LogP contribution is -2.55. The van der Waals surface area contributed by atoms with Crippen LogP contribution in [0.5, 0.6) is 0 Å². The fourth-order valence-electron chi connectivity index (χ4n) is 4.81. The number of nitrogens with two attached hydrogens (primary N) is 2. The molecular weight excluding hydrogens is 382 g/mol. The number of ether oxygens (including phenoxy) is 2. The molecule has 0 saturated carbocycles. The highest BCUT2D eigenvalue weighted by atomic mass is 16.6. The van der Waals surface area contributed by atoms with E-state index in [0.717, 1.165) is 0 Å². The third-order valence-corrected chi connectivity index (χ3v) is 6.21. The zero-order valence-electron chi connectivity index (χ0n) is 16.2.